The number of rotatable bonds is 3. The lowest BCUT2D eigenvalue weighted by Gasteiger charge is -1.96. The van der Waals surface area contributed by atoms with Crippen molar-refractivity contribution in [1.29, 1.82) is 0 Å². The maximum Gasteiger partial charge on any atom is 0.283 e. The fourth-order valence-electron chi connectivity index (χ4n) is 2.10. The van der Waals surface area contributed by atoms with E-state index in [0.717, 1.165) is 5.76 Å². The first-order valence-electron chi connectivity index (χ1n) is 6.36. The van der Waals surface area contributed by atoms with E-state index in [4.69, 9.17) is 4.42 Å². The van der Waals surface area contributed by atoms with Crippen molar-refractivity contribution in [2.45, 2.75) is 6.54 Å². The van der Waals surface area contributed by atoms with E-state index in [2.05, 4.69) is 15.4 Å². The van der Waals surface area contributed by atoms with Crippen LogP contribution in [0.1, 0.15) is 5.76 Å². The average molecular weight is 298 g/mol. The van der Waals surface area contributed by atoms with Crippen LogP contribution in [-0.2, 0) is 6.54 Å². The highest BCUT2D eigenvalue weighted by atomic mass is 32.1. The van der Waals surface area contributed by atoms with Crippen LogP contribution in [0.25, 0.3) is 15.9 Å². The number of hydrogen-bond donors (Lipinski definition) is 1. The number of nitrogens with one attached hydrogen (secondary N) is 1. The van der Waals surface area contributed by atoms with Gasteiger partial charge >= 0.3 is 0 Å². The fourth-order valence-corrected chi connectivity index (χ4v) is 2.90. The molecule has 0 fully saturated rings. The number of nitrogens with zero attached hydrogens (tertiary/aromatic N) is 3. The second-order valence-electron chi connectivity index (χ2n) is 4.47. The molecular formula is C14H10N4O2S. The Kier molecular flexibility index (Phi) is 2.71. The molecular weight excluding hydrogens is 288 g/mol. The van der Waals surface area contributed by atoms with Crippen LogP contribution in [0.5, 0.6) is 0 Å². The molecule has 4 aromatic rings. The molecule has 0 spiro atoms. The lowest BCUT2D eigenvalue weighted by molar-refractivity contribution is 0.518. The molecule has 7 heteroatoms. The van der Waals surface area contributed by atoms with Crippen LogP contribution < -0.4 is 10.9 Å². The standard InChI is InChI=1S/C14H10N4O2S/c19-12-10-5-1-2-6-11(10)16-14-18(12)17-13(21-14)15-8-9-4-3-7-20-9/h1-7H,8H2,(H,15,17). The van der Waals surface area contributed by atoms with Crippen LogP contribution in [0.2, 0.25) is 0 Å². The van der Waals surface area contributed by atoms with Gasteiger partial charge in [0.15, 0.2) is 0 Å². The number of anilines is 1. The molecule has 0 saturated heterocycles. The van der Waals surface area contributed by atoms with E-state index >= 15 is 0 Å². The molecule has 0 aliphatic heterocycles. The van der Waals surface area contributed by atoms with Gasteiger partial charge in [-0.25, -0.2) is 4.98 Å². The quantitative estimate of drug-likeness (QED) is 0.629. The fraction of sp³-hybridized carbons (Fsp3) is 0.0714. The predicted octanol–water partition coefficient (Wildman–Crippen LogP) is 2.51. The van der Waals surface area contributed by atoms with Gasteiger partial charge in [0.2, 0.25) is 10.1 Å². The molecule has 0 amide bonds. The molecule has 0 atom stereocenters. The number of benzene rings is 1. The molecule has 21 heavy (non-hydrogen) atoms. The van der Waals surface area contributed by atoms with Gasteiger partial charge in [-0.15, -0.1) is 5.10 Å². The van der Waals surface area contributed by atoms with E-state index in [-0.39, 0.29) is 5.56 Å². The second kappa shape index (κ2) is 4.71. The highest BCUT2D eigenvalue weighted by Crippen LogP contribution is 2.19. The van der Waals surface area contributed by atoms with Crippen molar-refractivity contribution in [3.05, 3.63) is 58.8 Å². The summed E-state index contributed by atoms with van der Waals surface area (Å²) in [7, 11) is 0. The highest BCUT2D eigenvalue weighted by molar-refractivity contribution is 7.20. The molecule has 0 aliphatic carbocycles. The maximum absolute atomic E-state index is 12.4. The smallest absolute Gasteiger partial charge is 0.283 e. The van der Waals surface area contributed by atoms with Crippen molar-refractivity contribution in [3.8, 4) is 0 Å². The first-order chi connectivity index (χ1) is 10.3. The van der Waals surface area contributed by atoms with Crippen molar-refractivity contribution in [2.75, 3.05) is 5.32 Å². The van der Waals surface area contributed by atoms with Gasteiger partial charge in [0, 0.05) is 0 Å². The number of para-hydroxylation sites is 1. The van der Waals surface area contributed by atoms with Gasteiger partial charge in [-0.3, -0.25) is 4.79 Å². The first kappa shape index (κ1) is 12.1. The number of hydrogen-bond acceptors (Lipinski definition) is 6. The monoisotopic (exact) mass is 298 g/mol. The van der Waals surface area contributed by atoms with Gasteiger partial charge < -0.3 is 9.73 Å². The zero-order chi connectivity index (χ0) is 14.2. The van der Waals surface area contributed by atoms with Crippen molar-refractivity contribution in [1.82, 2.24) is 14.6 Å². The molecule has 6 nitrogen and oxygen atoms in total. The largest absolute Gasteiger partial charge is 0.467 e. The van der Waals surface area contributed by atoms with Crippen molar-refractivity contribution < 1.29 is 4.42 Å². The van der Waals surface area contributed by atoms with Crippen LogP contribution in [0.15, 0.2) is 51.9 Å². The molecule has 0 aliphatic rings. The molecule has 104 valence electrons. The minimum absolute atomic E-state index is 0.155. The number of fused-ring (bicyclic) bond motifs is 2. The Bertz CT molecular complexity index is 972. The second-order valence-corrected chi connectivity index (χ2v) is 5.42. The molecule has 0 unspecified atom stereocenters. The molecule has 1 aromatic carbocycles. The molecule has 0 saturated carbocycles. The van der Waals surface area contributed by atoms with Crippen LogP contribution in [0.3, 0.4) is 0 Å². The number of furan rings is 1. The Labute approximate surface area is 122 Å². The van der Waals surface area contributed by atoms with E-state index in [0.29, 0.717) is 27.5 Å². The molecule has 3 aromatic heterocycles. The Hall–Kier alpha value is -2.67. The Balaban J connectivity index is 1.77. The van der Waals surface area contributed by atoms with Crippen molar-refractivity contribution in [3.63, 3.8) is 0 Å². The summed E-state index contributed by atoms with van der Waals surface area (Å²) in [6, 6.07) is 11.0. The van der Waals surface area contributed by atoms with Crippen LogP contribution >= 0.6 is 11.3 Å². The van der Waals surface area contributed by atoms with E-state index in [9.17, 15) is 4.79 Å². The van der Waals surface area contributed by atoms with Gasteiger partial charge in [-0.1, -0.05) is 23.5 Å². The first-order valence-corrected chi connectivity index (χ1v) is 7.18. The van der Waals surface area contributed by atoms with Gasteiger partial charge in [0.1, 0.15) is 5.76 Å². The third kappa shape index (κ3) is 2.07. The van der Waals surface area contributed by atoms with Gasteiger partial charge in [-0.05, 0) is 24.3 Å². The summed E-state index contributed by atoms with van der Waals surface area (Å²) in [4.78, 5) is 17.4. The zero-order valence-corrected chi connectivity index (χ0v) is 11.6. The predicted molar refractivity (Wildman–Crippen MR) is 80.7 cm³/mol. The summed E-state index contributed by atoms with van der Waals surface area (Å²) in [6.45, 7) is 0.515. The Morgan fingerprint density at radius 1 is 1.24 bits per heavy atom. The van der Waals surface area contributed by atoms with E-state index in [1.54, 1.807) is 12.3 Å². The van der Waals surface area contributed by atoms with E-state index in [1.807, 2.05) is 30.3 Å². The summed E-state index contributed by atoms with van der Waals surface area (Å²) < 4.78 is 6.58. The lowest BCUT2D eigenvalue weighted by atomic mass is 10.2. The minimum atomic E-state index is -0.155. The average Bonchev–Trinajstić information content (AvgIpc) is 3.14. The maximum atomic E-state index is 12.4. The normalized spacial score (nSPS) is 11.2. The number of aromatic nitrogens is 3. The zero-order valence-electron chi connectivity index (χ0n) is 10.8. The van der Waals surface area contributed by atoms with E-state index < -0.39 is 0 Å². The SMILES string of the molecule is O=c1c2ccccc2nc2sc(NCc3ccco3)nn12. The van der Waals surface area contributed by atoms with E-state index in [1.165, 1.54) is 15.9 Å². The molecule has 3 heterocycles. The van der Waals surface area contributed by atoms with Gasteiger partial charge in [-0.2, -0.15) is 4.52 Å². The van der Waals surface area contributed by atoms with Crippen molar-refractivity contribution in [2.24, 2.45) is 0 Å². The van der Waals surface area contributed by atoms with Gasteiger partial charge in [0.25, 0.3) is 5.56 Å². The molecule has 0 bridgehead atoms. The summed E-state index contributed by atoms with van der Waals surface area (Å²) in [6.07, 6.45) is 1.62. The summed E-state index contributed by atoms with van der Waals surface area (Å²) >= 11 is 1.34. The van der Waals surface area contributed by atoms with Crippen LogP contribution in [-0.4, -0.2) is 14.6 Å². The van der Waals surface area contributed by atoms with Crippen LogP contribution in [0, 0.1) is 0 Å². The summed E-state index contributed by atoms with van der Waals surface area (Å²) in [5.74, 6) is 0.805. The summed E-state index contributed by atoms with van der Waals surface area (Å²) in [5.41, 5.74) is 0.529. The Morgan fingerprint density at radius 3 is 3.00 bits per heavy atom. The highest BCUT2D eigenvalue weighted by Gasteiger charge is 2.10. The van der Waals surface area contributed by atoms with Crippen LogP contribution in [0.4, 0.5) is 5.13 Å². The minimum Gasteiger partial charge on any atom is -0.467 e. The van der Waals surface area contributed by atoms with Gasteiger partial charge in [0.05, 0.1) is 23.7 Å². The van der Waals surface area contributed by atoms with Crippen molar-refractivity contribution >= 4 is 32.3 Å². The summed E-state index contributed by atoms with van der Waals surface area (Å²) in [5, 5.41) is 8.60. The lowest BCUT2D eigenvalue weighted by Crippen LogP contribution is -2.15. The topological polar surface area (TPSA) is 72.4 Å². The third-order valence-corrected chi connectivity index (χ3v) is 3.96. The molecule has 0 radical (unpaired) electrons. The molecule has 4 rings (SSSR count). The molecule has 1 N–H and O–H groups in total. The third-order valence-electron chi connectivity index (χ3n) is 3.10. The Morgan fingerprint density at radius 2 is 2.14 bits per heavy atom.